The van der Waals surface area contributed by atoms with Crippen molar-refractivity contribution in [2.75, 3.05) is 78.5 Å². The number of ether oxygens (including phenoxy) is 4. The summed E-state index contributed by atoms with van der Waals surface area (Å²) in [6, 6.07) is 50.8. The van der Waals surface area contributed by atoms with Crippen molar-refractivity contribution in [3.63, 3.8) is 0 Å². The molecule has 4 atom stereocenters. The van der Waals surface area contributed by atoms with E-state index in [0.29, 0.717) is 131 Å². The number of hydrogen-bond acceptors (Lipinski definition) is 14. The van der Waals surface area contributed by atoms with Crippen LogP contribution in [0.25, 0.3) is 0 Å². The number of nitrogens with zero attached hydrogens (tertiary/aromatic N) is 4. The minimum absolute atomic E-state index is 0.0891. The smallest absolute Gasteiger partial charge is 0.310 e. The number of fused-ring (bicyclic) bond motifs is 8. The lowest BCUT2D eigenvalue weighted by atomic mass is 9.70. The molecule has 4 saturated heterocycles. The van der Waals surface area contributed by atoms with Crippen LogP contribution in [0.15, 0.2) is 170 Å². The summed E-state index contributed by atoms with van der Waals surface area (Å²) in [5.41, 5.74) is 5.88. The molecule has 1 saturated carbocycles. The molecule has 0 aromatic heterocycles. The summed E-state index contributed by atoms with van der Waals surface area (Å²) in [7, 11) is 0. The average molecular weight is 1620 g/mol. The number of carbonyl (C=O) groups is 4. The first-order valence-electron chi connectivity index (χ1n) is 41.6. The van der Waals surface area contributed by atoms with E-state index < -0.39 is 56.7 Å². The zero-order valence-electron chi connectivity index (χ0n) is 68.3. The van der Waals surface area contributed by atoms with E-state index in [1.165, 1.54) is 41.0 Å². The fraction of sp³-hybridized carbons (Fsp3) is 0.458. The average Bonchev–Trinajstić information content (AvgIpc) is 1.72. The van der Waals surface area contributed by atoms with Gasteiger partial charge in [0.25, 0.3) is 0 Å². The minimum atomic E-state index is -1.29. The van der Waals surface area contributed by atoms with E-state index in [1.807, 2.05) is 97.1 Å². The summed E-state index contributed by atoms with van der Waals surface area (Å²) < 4.78 is 79.6. The molecule has 4 unspecified atom stereocenters. The number of aliphatic carboxylic acids is 4. The highest BCUT2D eigenvalue weighted by Crippen LogP contribution is 2.53. The van der Waals surface area contributed by atoms with E-state index in [0.717, 1.165) is 110 Å². The van der Waals surface area contributed by atoms with Gasteiger partial charge in [-0.2, -0.15) is 0 Å². The number of hydrogen-bond donors (Lipinski definition) is 6. The van der Waals surface area contributed by atoms with Gasteiger partial charge in [-0.25, -0.2) is 17.6 Å². The number of rotatable bonds is 16. The Balaban J connectivity index is 0.000000129. The molecule has 5 fully saturated rings. The number of piperidine rings is 4. The van der Waals surface area contributed by atoms with Crippen LogP contribution in [0.5, 0.6) is 23.0 Å². The summed E-state index contributed by atoms with van der Waals surface area (Å²) in [5.74, 6) is -0.316. The van der Waals surface area contributed by atoms with E-state index in [4.69, 9.17) is 18.9 Å². The zero-order chi connectivity index (χ0) is 83.6. The Kier molecular flexibility index (Phi) is 25.1. The van der Waals surface area contributed by atoms with Gasteiger partial charge in [0.2, 0.25) is 0 Å². The second-order valence-electron chi connectivity index (χ2n) is 36.1. The summed E-state index contributed by atoms with van der Waals surface area (Å²) in [6.45, 7) is 20.0. The number of para-hydroxylation sites is 4. The third kappa shape index (κ3) is 18.4. The number of benzene rings is 8. The molecule has 1 aliphatic carbocycles. The molecular weight excluding hydrogens is 1510 g/mol. The maximum Gasteiger partial charge on any atom is 0.310 e. The molecule has 0 amide bonds. The van der Waals surface area contributed by atoms with Crippen LogP contribution >= 0.6 is 0 Å². The Bertz CT molecular complexity index is 4820. The normalized spacial score (nSPS) is 21.8. The van der Waals surface area contributed by atoms with Gasteiger partial charge in [-0.3, -0.25) is 19.2 Å². The van der Waals surface area contributed by atoms with Crippen molar-refractivity contribution in [1.82, 2.24) is 19.6 Å². The van der Waals surface area contributed by atoms with Crippen LogP contribution in [0.2, 0.25) is 0 Å². The van der Waals surface area contributed by atoms with Gasteiger partial charge in [0.15, 0.2) is 0 Å². The predicted molar refractivity (Wildman–Crippen MR) is 439 cm³/mol. The SMILES string of the molecule is CC(C)(CN1CCC(C2(O)c3ccc(F)cc3COc3ccccc32)CC1)C(=O)O.CC(C)(CN1CCC(C2c3ccc(F)cc3COc3ccccc32)CC1)C(=O)O.CC(C)(CN1CCC(O)(C2c3ccc(F)cc3COc3ccccc32)CC1)C(=O)O.O=C(O)C1(CN2CCC(C3c4ccc(F)cc4COc4ccccc43)CC2)CC1. The minimum Gasteiger partial charge on any atom is -0.489 e. The number of carboxylic acid groups (broad SMARTS) is 4. The van der Waals surface area contributed by atoms with Crippen LogP contribution < -0.4 is 18.9 Å². The molecule has 8 aromatic rings. The number of likely N-dealkylation sites (tertiary alicyclic amines) is 4. The van der Waals surface area contributed by atoms with Crippen molar-refractivity contribution < 1.29 is 86.3 Å². The third-order valence-electron chi connectivity index (χ3n) is 26.4. The van der Waals surface area contributed by atoms with Crippen molar-refractivity contribution in [2.45, 2.75) is 161 Å². The van der Waals surface area contributed by atoms with Crippen LogP contribution in [-0.4, -0.2) is 158 Å². The molecule has 22 heteroatoms. The highest BCUT2D eigenvalue weighted by molar-refractivity contribution is 5.78. The number of carboxylic acids is 4. The first-order chi connectivity index (χ1) is 56.3. The van der Waals surface area contributed by atoms with Crippen molar-refractivity contribution in [1.29, 1.82) is 0 Å². The first-order valence-corrected chi connectivity index (χ1v) is 41.6. The van der Waals surface area contributed by atoms with Crippen LogP contribution in [-0.2, 0) is 51.2 Å². The molecule has 626 valence electrons. The van der Waals surface area contributed by atoms with Crippen LogP contribution in [0, 0.1) is 62.7 Å². The number of aliphatic hydroxyl groups is 2. The van der Waals surface area contributed by atoms with Gasteiger partial charge in [-0.15, -0.1) is 0 Å². The van der Waals surface area contributed by atoms with Crippen molar-refractivity contribution in [3.8, 4) is 23.0 Å². The molecular formula is C96H110F4N4O14. The van der Waals surface area contributed by atoms with Crippen LogP contribution in [0.4, 0.5) is 17.6 Å². The number of halogens is 4. The van der Waals surface area contributed by atoms with Gasteiger partial charge in [0, 0.05) is 79.3 Å². The molecule has 118 heavy (non-hydrogen) atoms. The Morgan fingerprint density at radius 2 is 0.729 bits per heavy atom. The topological polar surface area (TPSA) is 240 Å². The van der Waals surface area contributed by atoms with Gasteiger partial charge < -0.3 is 69.2 Å². The molecule has 8 aromatic carbocycles. The maximum atomic E-state index is 13.9. The van der Waals surface area contributed by atoms with Gasteiger partial charge >= 0.3 is 23.9 Å². The highest BCUT2D eigenvalue weighted by Gasteiger charge is 2.53. The molecule has 18 nitrogen and oxygen atoms in total. The van der Waals surface area contributed by atoms with Gasteiger partial charge in [-0.05, 0) is 280 Å². The molecule has 0 bridgehead atoms. The van der Waals surface area contributed by atoms with Crippen molar-refractivity contribution in [2.24, 2.45) is 39.4 Å². The summed E-state index contributed by atoms with van der Waals surface area (Å²) in [4.78, 5) is 54.8. The zero-order valence-corrected chi connectivity index (χ0v) is 68.3. The summed E-state index contributed by atoms with van der Waals surface area (Å²) in [6.07, 6.45) is 7.98. The van der Waals surface area contributed by atoms with Gasteiger partial charge in [0.05, 0.1) is 27.3 Å². The monoisotopic (exact) mass is 1620 g/mol. The van der Waals surface area contributed by atoms with Crippen molar-refractivity contribution in [3.05, 3.63) is 260 Å². The Hall–Kier alpha value is -9.68. The molecule has 8 aliphatic heterocycles. The van der Waals surface area contributed by atoms with Crippen LogP contribution in [0.1, 0.15) is 190 Å². The standard InChI is InChI=1S/2C24H28FNO4.C24H26FNO3.C24H28FNO3/c1-23(2,22(27)28)15-26-11-9-17(10-12-26)24(29)19-8-7-18(25)13-16(19)14-30-21-6-4-3-5-20(21)24;1-23(2,22(27)28)15-26-11-9-24(29,10-12-26)21-18-8-7-17(25)13-16(18)14-30-20-6-4-3-5-19(20)21;25-18-5-6-19-17(13-18)14-29-21-4-2-1-3-20(21)22(19)16-7-11-26(12-8-16)15-24(9-10-24)23(27)28;1-24(2,23(27)28)15-26-11-9-16(10-12-26)22-19-8-7-18(25)13-17(19)14-29-21-6-4-3-5-20(21)22/h3-8,13,17,29H,9-12,14-15H2,1-2H3,(H,27,28);3-8,13,21,29H,9-12,14-15H2,1-2H3,(H,27,28);1-6,13,16,22H,7-12,14-15H2,(H,27,28);3-8,13,16,22H,9-12,14-15H2,1-2H3,(H,27,28). The molecule has 0 spiro atoms. The predicted octanol–water partition coefficient (Wildman–Crippen LogP) is 16.7. The Morgan fingerprint density at radius 1 is 0.381 bits per heavy atom. The third-order valence-corrected chi connectivity index (χ3v) is 26.4. The lowest BCUT2D eigenvalue weighted by molar-refractivity contribution is -0.149. The Labute approximate surface area is 688 Å². The van der Waals surface area contributed by atoms with E-state index in [-0.39, 0.29) is 60.2 Å². The Morgan fingerprint density at radius 3 is 1.17 bits per heavy atom. The highest BCUT2D eigenvalue weighted by atomic mass is 19.1. The van der Waals surface area contributed by atoms with Crippen LogP contribution in [0.3, 0.4) is 0 Å². The second-order valence-corrected chi connectivity index (χ2v) is 36.1. The maximum absolute atomic E-state index is 13.9. The largest absolute Gasteiger partial charge is 0.489 e. The molecule has 9 aliphatic rings. The fourth-order valence-corrected chi connectivity index (χ4v) is 19.5. The lowest BCUT2D eigenvalue weighted by Crippen LogP contribution is -2.51. The molecule has 6 N–H and O–H groups in total. The first kappa shape index (κ1) is 84.8. The van der Waals surface area contributed by atoms with E-state index in [1.54, 1.807) is 77.9 Å². The fourth-order valence-electron chi connectivity index (χ4n) is 19.5. The van der Waals surface area contributed by atoms with E-state index in [2.05, 4.69) is 31.7 Å². The lowest BCUT2D eigenvalue weighted by Gasteiger charge is -2.44. The molecule has 8 heterocycles. The van der Waals surface area contributed by atoms with E-state index >= 15 is 0 Å². The van der Waals surface area contributed by atoms with E-state index in [9.17, 15) is 67.4 Å². The molecule has 0 radical (unpaired) electrons. The van der Waals surface area contributed by atoms with Crippen molar-refractivity contribution >= 4 is 23.9 Å². The quantitative estimate of drug-likeness (QED) is 0.0493. The summed E-state index contributed by atoms with van der Waals surface area (Å²) >= 11 is 0. The van der Waals surface area contributed by atoms with Gasteiger partial charge in [-0.1, -0.05) is 97.1 Å². The molecule has 17 rings (SSSR count). The second kappa shape index (κ2) is 34.9. The van der Waals surface area contributed by atoms with Gasteiger partial charge in [0.1, 0.15) is 78.3 Å². The summed E-state index contributed by atoms with van der Waals surface area (Å²) in [5, 5.41) is 61.8.